The van der Waals surface area contributed by atoms with Gasteiger partial charge in [0.2, 0.25) is 0 Å². The Hall–Kier alpha value is -2.98. The number of fused-ring (bicyclic) bond motifs is 2. The zero-order valence-electron chi connectivity index (χ0n) is 15.9. The van der Waals surface area contributed by atoms with Crippen molar-refractivity contribution in [1.29, 1.82) is 0 Å². The molecule has 0 radical (unpaired) electrons. The third kappa shape index (κ3) is 2.72. The highest BCUT2D eigenvalue weighted by Gasteiger charge is 2.23. The second kappa shape index (κ2) is 6.57. The molecule has 0 saturated heterocycles. The largest absolute Gasteiger partial charge is 0.292 e. The van der Waals surface area contributed by atoms with Gasteiger partial charge >= 0.3 is 0 Å². The summed E-state index contributed by atoms with van der Waals surface area (Å²) in [6.45, 7) is 4.78. The van der Waals surface area contributed by atoms with Crippen LogP contribution in [0.5, 0.6) is 0 Å². The lowest BCUT2D eigenvalue weighted by atomic mass is 10.0. The second-order valence-corrected chi connectivity index (χ2v) is 8.47. The summed E-state index contributed by atoms with van der Waals surface area (Å²) in [6.07, 6.45) is 3.01. The van der Waals surface area contributed by atoms with Crippen LogP contribution in [0.2, 0.25) is 0 Å². The topological polar surface area (TPSA) is 34.9 Å². The number of thiophene rings is 1. The molecule has 3 heterocycles. The van der Waals surface area contributed by atoms with Crippen LogP contribution in [0.4, 0.5) is 0 Å². The van der Waals surface area contributed by atoms with Gasteiger partial charge in [0, 0.05) is 11.4 Å². The zero-order chi connectivity index (χ0) is 19.3. The lowest BCUT2D eigenvalue weighted by Gasteiger charge is -2.04. The summed E-state index contributed by atoms with van der Waals surface area (Å²) in [6, 6.07) is 18.9. The normalized spacial score (nSPS) is 14.7. The average Bonchev–Trinajstić information content (AvgIpc) is 3.24. The summed E-state index contributed by atoms with van der Waals surface area (Å²) in [5, 5.41) is 0.791. The molecule has 5 rings (SSSR count). The van der Waals surface area contributed by atoms with Crippen molar-refractivity contribution in [1.82, 2.24) is 9.55 Å². The highest BCUT2D eigenvalue weighted by molar-refractivity contribution is 7.18. The van der Waals surface area contributed by atoms with Crippen molar-refractivity contribution >= 4 is 33.2 Å². The van der Waals surface area contributed by atoms with Crippen LogP contribution in [0.1, 0.15) is 28.2 Å². The van der Waals surface area contributed by atoms with E-state index in [0.29, 0.717) is 6.54 Å². The van der Waals surface area contributed by atoms with E-state index >= 15 is 0 Å². The van der Waals surface area contributed by atoms with Gasteiger partial charge in [-0.05, 0) is 54.2 Å². The Labute approximate surface area is 167 Å². The zero-order valence-corrected chi connectivity index (χ0v) is 16.7. The van der Waals surface area contributed by atoms with Gasteiger partial charge in [-0.2, -0.15) is 0 Å². The third-order valence-corrected chi connectivity index (χ3v) is 6.64. The summed E-state index contributed by atoms with van der Waals surface area (Å²) in [5.41, 5.74) is 5.86. The van der Waals surface area contributed by atoms with Crippen molar-refractivity contribution in [3.05, 3.63) is 86.8 Å². The molecule has 0 saturated carbocycles. The number of benzene rings is 2. The van der Waals surface area contributed by atoms with Crippen LogP contribution in [-0.2, 0) is 6.54 Å². The van der Waals surface area contributed by atoms with Crippen LogP contribution in [0.3, 0.4) is 0 Å². The minimum absolute atomic E-state index is 0.102. The molecule has 138 valence electrons. The van der Waals surface area contributed by atoms with Gasteiger partial charge in [0.25, 0.3) is 5.56 Å². The van der Waals surface area contributed by atoms with Crippen molar-refractivity contribution in [3.8, 4) is 11.1 Å². The fourth-order valence-corrected chi connectivity index (χ4v) is 4.88. The summed E-state index contributed by atoms with van der Waals surface area (Å²) < 4.78 is 1.84. The number of allylic oxidation sites excluding steroid dienone is 1. The Morgan fingerprint density at radius 3 is 2.46 bits per heavy atom. The fourth-order valence-electron chi connectivity index (χ4n) is 3.86. The van der Waals surface area contributed by atoms with Crippen LogP contribution < -0.4 is 5.56 Å². The van der Waals surface area contributed by atoms with Crippen molar-refractivity contribution in [2.75, 3.05) is 0 Å². The van der Waals surface area contributed by atoms with E-state index in [1.54, 1.807) is 11.3 Å². The summed E-state index contributed by atoms with van der Waals surface area (Å²) in [7, 11) is 0. The van der Waals surface area contributed by atoms with Crippen LogP contribution in [-0.4, -0.2) is 9.55 Å². The average molecular weight is 385 g/mol. The van der Waals surface area contributed by atoms with Crippen molar-refractivity contribution < 1.29 is 0 Å². The highest BCUT2D eigenvalue weighted by Crippen LogP contribution is 2.32. The van der Waals surface area contributed by atoms with Gasteiger partial charge in [-0.15, -0.1) is 11.3 Å². The molecule has 0 fully saturated rings. The van der Waals surface area contributed by atoms with Crippen LogP contribution >= 0.6 is 11.3 Å². The Morgan fingerprint density at radius 2 is 1.71 bits per heavy atom. The SMILES string of the molecule is Cc1sc2nc3n(c(=O)c2c1C)CC/C3=C/c1ccc(-c2ccccc2)cc1. The van der Waals surface area contributed by atoms with Crippen molar-refractivity contribution in [2.24, 2.45) is 0 Å². The van der Waals surface area contributed by atoms with Gasteiger partial charge in [0.05, 0.1) is 5.39 Å². The molecular weight excluding hydrogens is 364 g/mol. The molecule has 0 N–H and O–H groups in total. The molecule has 28 heavy (non-hydrogen) atoms. The first kappa shape index (κ1) is 17.1. The summed E-state index contributed by atoms with van der Waals surface area (Å²) in [4.78, 5) is 19.8. The van der Waals surface area contributed by atoms with Gasteiger partial charge in [-0.25, -0.2) is 4.98 Å². The quantitative estimate of drug-likeness (QED) is 0.445. The van der Waals surface area contributed by atoms with Crippen LogP contribution in [0.15, 0.2) is 59.4 Å². The van der Waals surface area contributed by atoms with E-state index in [9.17, 15) is 4.79 Å². The smallest absolute Gasteiger partial charge is 0.262 e. The first-order valence-corrected chi connectivity index (χ1v) is 10.3. The van der Waals surface area contributed by atoms with Crippen molar-refractivity contribution in [2.45, 2.75) is 26.8 Å². The highest BCUT2D eigenvalue weighted by atomic mass is 32.1. The number of aromatic nitrogens is 2. The molecule has 0 bridgehead atoms. The Kier molecular flexibility index (Phi) is 4.02. The second-order valence-electron chi connectivity index (χ2n) is 7.26. The Bertz CT molecular complexity index is 1280. The molecule has 0 aliphatic carbocycles. The van der Waals surface area contributed by atoms with Gasteiger partial charge in [-0.1, -0.05) is 54.6 Å². The lowest BCUT2D eigenvalue weighted by molar-refractivity contribution is 0.726. The predicted octanol–water partition coefficient (Wildman–Crippen LogP) is 5.69. The lowest BCUT2D eigenvalue weighted by Crippen LogP contribution is -2.20. The van der Waals surface area contributed by atoms with E-state index in [4.69, 9.17) is 4.98 Å². The minimum atomic E-state index is 0.102. The standard InChI is InChI=1S/C24H20N2OS/c1-15-16(2)28-23-21(15)24(27)26-13-12-20(22(26)25-23)14-17-8-10-19(11-9-17)18-6-4-3-5-7-18/h3-11,14H,12-13H2,1-2H3/b20-14-. The fraction of sp³-hybridized carbons (Fsp3) is 0.167. The predicted molar refractivity (Wildman–Crippen MR) is 118 cm³/mol. The molecular formula is C24H20N2OS. The molecule has 1 aliphatic heterocycles. The minimum Gasteiger partial charge on any atom is -0.292 e. The van der Waals surface area contributed by atoms with Gasteiger partial charge < -0.3 is 0 Å². The van der Waals surface area contributed by atoms with Gasteiger partial charge in [-0.3, -0.25) is 9.36 Å². The van der Waals surface area contributed by atoms with Crippen molar-refractivity contribution in [3.63, 3.8) is 0 Å². The Balaban J connectivity index is 1.55. The number of rotatable bonds is 2. The van der Waals surface area contributed by atoms with E-state index in [-0.39, 0.29) is 5.56 Å². The maximum Gasteiger partial charge on any atom is 0.262 e. The molecule has 0 spiro atoms. The molecule has 2 aromatic carbocycles. The first-order valence-electron chi connectivity index (χ1n) is 9.49. The summed E-state index contributed by atoms with van der Waals surface area (Å²) >= 11 is 1.62. The maximum absolute atomic E-state index is 13.0. The molecule has 4 aromatic rings. The summed E-state index contributed by atoms with van der Waals surface area (Å²) in [5.74, 6) is 0.825. The van der Waals surface area contributed by atoms with Gasteiger partial charge in [0.15, 0.2) is 0 Å². The number of hydrogen-bond donors (Lipinski definition) is 0. The van der Waals surface area contributed by atoms with Crippen LogP contribution in [0.25, 0.3) is 33.0 Å². The first-order chi connectivity index (χ1) is 13.6. The third-order valence-electron chi connectivity index (χ3n) is 5.54. The van der Waals surface area contributed by atoms with E-state index in [1.807, 2.05) is 17.6 Å². The van der Waals surface area contributed by atoms with Gasteiger partial charge in [0.1, 0.15) is 10.7 Å². The molecule has 3 nitrogen and oxygen atoms in total. The molecule has 2 aromatic heterocycles. The molecule has 1 aliphatic rings. The number of aryl methyl sites for hydroxylation is 2. The van der Waals surface area contributed by atoms with Crippen LogP contribution in [0, 0.1) is 13.8 Å². The molecule has 4 heteroatoms. The van der Waals surface area contributed by atoms with E-state index in [0.717, 1.165) is 39.2 Å². The molecule has 0 unspecified atom stereocenters. The van der Waals surface area contributed by atoms with E-state index < -0.39 is 0 Å². The maximum atomic E-state index is 13.0. The number of hydrogen-bond acceptors (Lipinski definition) is 3. The van der Waals surface area contributed by atoms with E-state index in [1.165, 1.54) is 16.0 Å². The Morgan fingerprint density at radius 1 is 1.00 bits per heavy atom. The van der Waals surface area contributed by atoms with E-state index in [2.05, 4.69) is 61.5 Å². The monoisotopic (exact) mass is 384 g/mol. The molecule has 0 amide bonds. The molecule has 0 atom stereocenters. The number of nitrogens with zero attached hydrogens (tertiary/aromatic N) is 2.